The van der Waals surface area contributed by atoms with E-state index in [0.29, 0.717) is 11.3 Å². The average molecular weight is 316 g/mol. The molecule has 0 fully saturated rings. The number of carbonyl (C=O) groups excluding carboxylic acids is 1. The average Bonchev–Trinajstić information content (AvgIpc) is 3.11. The smallest absolute Gasteiger partial charge is 0.231 e. The molecule has 3 aromatic carbocycles. The van der Waals surface area contributed by atoms with E-state index in [9.17, 15) is 4.79 Å². The van der Waals surface area contributed by atoms with Crippen molar-refractivity contribution in [3.63, 3.8) is 0 Å². The summed E-state index contributed by atoms with van der Waals surface area (Å²) < 4.78 is 10.9. The first kappa shape index (κ1) is 14.5. The van der Waals surface area contributed by atoms with Gasteiger partial charge in [0.05, 0.1) is 5.92 Å². The monoisotopic (exact) mass is 316 g/mol. The van der Waals surface area contributed by atoms with Gasteiger partial charge in [0.25, 0.3) is 0 Å². The van der Waals surface area contributed by atoms with Crippen molar-refractivity contribution in [1.29, 1.82) is 0 Å². The van der Waals surface area contributed by atoms with Gasteiger partial charge in [0.1, 0.15) is 0 Å². The predicted molar refractivity (Wildman–Crippen MR) is 91.6 cm³/mol. The molecule has 0 saturated heterocycles. The van der Waals surface area contributed by atoms with Crippen LogP contribution in [-0.4, -0.2) is 12.6 Å². The second-order valence-electron chi connectivity index (χ2n) is 5.69. The van der Waals surface area contributed by atoms with Crippen molar-refractivity contribution in [2.75, 3.05) is 6.79 Å². The van der Waals surface area contributed by atoms with Gasteiger partial charge in [-0.05, 0) is 23.3 Å². The van der Waals surface area contributed by atoms with Crippen molar-refractivity contribution in [3.05, 3.63) is 95.6 Å². The third kappa shape index (κ3) is 2.65. The summed E-state index contributed by atoms with van der Waals surface area (Å²) in [5.41, 5.74) is 2.56. The van der Waals surface area contributed by atoms with E-state index in [1.54, 1.807) is 0 Å². The summed E-state index contributed by atoms with van der Waals surface area (Å²) in [5, 5.41) is 0. The van der Waals surface area contributed by atoms with Crippen LogP contribution >= 0.6 is 0 Å². The Morgan fingerprint density at radius 1 is 0.750 bits per heavy atom. The van der Waals surface area contributed by atoms with Gasteiger partial charge in [-0.25, -0.2) is 0 Å². The first-order valence-electron chi connectivity index (χ1n) is 7.87. The van der Waals surface area contributed by atoms with Gasteiger partial charge in [-0.2, -0.15) is 0 Å². The summed E-state index contributed by atoms with van der Waals surface area (Å²) >= 11 is 0. The van der Waals surface area contributed by atoms with Gasteiger partial charge in [0.2, 0.25) is 6.79 Å². The van der Waals surface area contributed by atoms with E-state index in [0.717, 1.165) is 16.9 Å². The number of ether oxygens (including phenoxy) is 2. The first-order valence-corrected chi connectivity index (χ1v) is 7.87. The second kappa shape index (κ2) is 6.20. The SMILES string of the molecule is O=C(c1ccccc1)C(c1ccccc1)c1ccc2c(c1)OCO2. The standard InChI is InChI=1S/C21H16O3/c22-21(16-9-5-2-6-10-16)20(15-7-3-1-4-8-15)17-11-12-18-19(13-17)24-14-23-18/h1-13,20H,14H2. The van der Waals surface area contributed by atoms with E-state index >= 15 is 0 Å². The molecule has 1 aliphatic heterocycles. The fourth-order valence-corrected chi connectivity index (χ4v) is 3.00. The van der Waals surface area contributed by atoms with E-state index in [1.807, 2.05) is 78.9 Å². The van der Waals surface area contributed by atoms with Crippen LogP contribution in [-0.2, 0) is 0 Å². The summed E-state index contributed by atoms with van der Waals surface area (Å²) in [5.74, 6) is 1.11. The van der Waals surface area contributed by atoms with Crippen molar-refractivity contribution in [2.24, 2.45) is 0 Å². The highest BCUT2D eigenvalue weighted by Crippen LogP contribution is 2.37. The Hall–Kier alpha value is -3.07. The van der Waals surface area contributed by atoms with Crippen molar-refractivity contribution >= 4 is 5.78 Å². The van der Waals surface area contributed by atoms with E-state index in [4.69, 9.17) is 9.47 Å². The molecule has 1 atom stereocenters. The zero-order valence-electron chi connectivity index (χ0n) is 13.0. The van der Waals surface area contributed by atoms with Crippen LogP contribution in [0.25, 0.3) is 0 Å². The lowest BCUT2D eigenvalue weighted by atomic mass is 9.85. The summed E-state index contributed by atoms with van der Waals surface area (Å²) in [4.78, 5) is 13.2. The third-order valence-corrected chi connectivity index (χ3v) is 4.18. The summed E-state index contributed by atoms with van der Waals surface area (Å²) in [6, 6.07) is 24.9. The molecule has 3 nitrogen and oxygen atoms in total. The minimum Gasteiger partial charge on any atom is -0.454 e. The molecule has 1 heterocycles. The highest BCUT2D eigenvalue weighted by atomic mass is 16.7. The molecule has 0 bridgehead atoms. The van der Waals surface area contributed by atoms with Crippen LogP contribution in [0, 0.1) is 0 Å². The molecule has 0 spiro atoms. The van der Waals surface area contributed by atoms with Gasteiger partial charge in [0.15, 0.2) is 17.3 Å². The highest BCUT2D eigenvalue weighted by molar-refractivity contribution is 6.03. The van der Waals surface area contributed by atoms with E-state index in [2.05, 4.69) is 0 Å². The number of rotatable bonds is 4. The zero-order chi connectivity index (χ0) is 16.4. The third-order valence-electron chi connectivity index (χ3n) is 4.18. The number of fused-ring (bicyclic) bond motifs is 1. The number of benzene rings is 3. The molecule has 0 aromatic heterocycles. The largest absolute Gasteiger partial charge is 0.454 e. The van der Waals surface area contributed by atoms with Crippen molar-refractivity contribution in [1.82, 2.24) is 0 Å². The van der Waals surface area contributed by atoms with Gasteiger partial charge < -0.3 is 9.47 Å². The van der Waals surface area contributed by atoms with Gasteiger partial charge >= 0.3 is 0 Å². The second-order valence-corrected chi connectivity index (χ2v) is 5.69. The van der Waals surface area contributed by atoms with Gasteiger partial charge in [-0.1, -0.05) is 66.7 Å². The summed E-state index contributed by atoms with van der Waals surface area (Å²) in [6.07, 6.45) is 0. The number of hydrogen-bond donors (Lipinski definition) is 0. The van der Waals surface area contributed by atoms with Crippen LogP contribution in [0.4, 0.5) is 0 Å². The zero-order valence-corrected chi connectivity index (χ0v) is 13.0. The van der Waals surface area contributed by atoms with Gasteiger partial charge in [-0.3, -0.25) is 4.79 Å². The molecule has 0 aliphatic carbocycles. The van der Waals surface area contributed by atoms with Crippen LogP contribution < -0.4 is 9.47 Å². The molecule has 0 amide bonds. The molecule has 4 rings (SSSR count). The molecule has 1 unspecified atom stereocenters. The number of hydrogen-bond acceptors (Lipinski definition) is 3. The minimum absolute atomic E-state index is 0.0701. The molecule has 1 aliphatic rings. The fraction of sp³-hybridized carbons (Fsp3) is 0.0952. The maximum atomic E-state index is 13.2. The van der Waals surface area contributed by atoms with Crippen LogP contribution in [0.2, 0.25) is 0 Å². The normalized spacial score (nSPS) is 13.5. The van der Waals surface area contributed by atoms with Crippen LogP contribution in [0.15, 0.2) is 78.9 Å². The highest BCUT2D eigenvalue weighted by Gasteiger charge is 2.26. The molecule has 3 aromatic rings. The van der Waals surface area contributed by atoms with E-state index in [1.165, 1.54) is 0 Å². The summed E-state index contributed by atoms with van der Waals surface area (Å²) in [6.45, 7) is 0.224. The lowest BCUT2D eigenvalue weighted by Crippen LogP contribution is -2.14. The molecule has 0 radical (unpaired) electrons. The maximum Gasteiger partial charge on any atom is 0.231 e. The number of carbonyl (C=O) groups is 1. The lowest BCUT2D eigenvalue weighted by molar-refractivity contribution is 0.0974. The Kier molecular flexibility index (Phi) is 3.75. The van der Waals surface area contributed by atoms with Crippen LogP contribution in [0.3, 0.4) is 0 Å². The molecular formula is C21H16O3. The molecule has 3 heteroatoms. The van der Waals surface area contributed by atoms with E-state index < -0.39 is 0 Å². The Morgan fingerprint density at radius 3 is 2.17 bits per heavy atom. The summed E-state index contributed by atoms with van der Waals surface area (Å²) in [7, 11) is 0. The maximum absolute atomic E-state index is 13.2. The van der Waals surface area contributed by atoms with Crippen LogP contribution in [0.5, 0.6) is 11.5 Å². The Balaban J connectivity index is 1.81. The van der Waals surface area contributed by atoms with Crippen molar-refractivity contribution < 1.29 is 14.3 Å². The van der Waals surface area contributed by atoms with Crippen molar-refractivity contribution in [3.8, 4) is 11.5 Å². The predicted octanol–water partition coefficient (Wildman–Crippen LogP) is 4.43. The number of ketones is 1. The lowest BCUT2D eigenvalue weighted by Gasteiger charge is -2.17. The Bertz CT molecular complexity index is 857. The van der Waals surface area contributed by atoms with Gasteiger partial charge in [0, 0.05) is 5.56 Å². The fourth-order valence-electron chi connectivity index (χ4n) is 3.00. The molecule has 24 heavy (non-hydrogen) atoms. The molecule has 0 N–H and O–H groups in total. The molecule has 0 saturated carbocycles. The number of Topliss-reactive ketones (excluding diaryl/α,β-unsaturated/α-hetero) is 1. The quantitative estimate of drug-likeness (QED) is 0.668. The van der Waals surface area contributed by atoms with Crippen molar-refractivity contribution in [2.45, 2.75) is 5.92 Å². The topological polar surface area (TPSA) is 35.5 Å². The molecule has 118 valence electrons. The minimum atomic E-state index is -0.372. The van der Waals surface area contributed by atoms with Crippen LogP contribution in [0.1, 0.15) is 27.4 Å². The van der Waals surface area contributed by atoms with Gasteiger partial charge in [-0.15, -0.1) is 0 Å². The molecular weight excluding hydrogens is 300 g/mol. The first-order chi connectivity index (χ1) is 11.8. The Morgan fingerprint density at radius 2 is 1.42 bits per heavy atom. The van der Waals surface area contributed by atoms with E-state index in [-0.39, 0.29) is 18.5 Å². The Labute approximate surface area is 140 Å².